The first kappa shape index (κ1) is 11.0. The van der Waals surface area contributed by atoms with Gasteiger partial charge in [-0.05, 0) is 12.1 Å². The summed E-state index contributed by atoms with van der Waals surface area (Å²) in [6.45, 7) is 0.176. The van der Waals surface area contributed by atoms with Gasteiger partial charge in [-0.1, -0.05) is 0 Å². The van der Waals surface area contributed by atoms with Gasteiger partial charge in [-0.15, -0.1) is 0 Å². The van der Waals surface area contributed by atoms with Crippen molar-refractivity contribution in [2.75, 3.05) is 6.54 Å². The molecular formula is C10H9FN2O2. The number of carbonyl (C=O) groups excluding carboxylic acids is 1. The highest BCUT2D eigenvalue weighted by atomic mass is 19.1. The topological polar surface area (TPSA) is 73.1 Å². The van der Waals surface area contributed by atoms with Crippen LogP contribution >= 0.6 is 0 Å². The largest absolute Gasteiger partial charge is 0.508 e. The van der Waals surface area contributed by atoms with Gasteiger partial charge in [0, 0.05) is 12.6 Å². The van der Waals surface area contributed by atoms with E-state index in [1.165, 1.54) is 12.1 Å². The van der Waals surface area contributed by atoms with Gasteiger partial charge in [0.2, 0.25) is 0 Å². The van der Waals surface area contributed by atoms with Gasteiger partial charge >= 0.3 is 0 Å². The second-order valence-electron chi connectivity index (χ2n) is 2.83. The van der Waals surface area contributed by atoms with Gasteiger partial charge in [-0.25, -0.2) is 4.39 Å². The van der Waals surface area contributed by atoms with E-state index in [2.05, 4.69) is 5.32 Å². The molecular weight excluding hydrogens is 199 g/mol. The minimum Gasteiger partial charge on any atom is -0.508 e. The Balaban J connectivity index is 2.70. The van der Waals surface area contributed by atoms with Crippen LogP contribution in [0.1, 0.15) is 16.8 Å². The molecule has 5 heteroatoms. The average molecular weight is 208 g/mol. The molecule has 0 saturated heterocycles. The number of amides is 1. The van der Waals surface area contributed by atoms with E-state index in [-0.39, 0.29) is 24.3 Å². The van der Waals surface area contributed by atoms with Crippen molar-refractivity contribution < 1.29 is 14.3 Å². The zero-order chi connectivity index (χ0) is 11.3. The quantitative estimate of drug-likeness (QED) is 0.732. The van der Waals surface area contributed by atoms with E-state index in [1.54, 1.807) is 0 Å². The number of hydrogen-bond donors (Lipinski definition) is 2. The molecule has 2 N–H and O–H groups in total. The van der Waals surface area contributed by atoms with Gasteiger partial charge < -0.3 is 10.4 Å². The van der Waals surface area contributed by atoms with Crippen molar-refractivity contribution in [3.8, 4) is 11.8 Å². The molecule has 0 heterocycles. The van der Waals surface area contributed by atoms with Crippen molar-refractivity contribution in [2.45, 2.75) is 6.42 Å². The fourth-order valence-electron chi connectivity index (χ4n) is 1.02. The number of aromatic hydroxyl groups is 1. The normalized spacial score (nSPS) is 9.33. The third-order valence-electron chi connectivity index (χ3n) is 1.72. The van der Waals surface area contributed by atoms with Crippen LogP contribution in [0.2, 0.25) is 0 Å². The first-order valence-corrected chi connectivity index (χ1v) is 4.29. The highest BCUT2D eigenvalue weighted by Gasteiger charge is 2.10. The lowest BCUT2D eigenvalue weighted by Gasteiger charge is -2.03. The van der Waals surface area contributed by atoms with E-state index in [9.17, 15) is 9.18 Å². The van der Waals surface area contributed by atoms with Crippen molar-refractivity contribution in [1.29, 1.82) is 5.26 Å². The van der Waals surface area contributed by atoms with Crippen LogP contribution in [-0.4, -0.2) is 17.6 Å². The highest BCUT2D eigenvalue weighted by Crippen LogP contribution is 2.14. The number of carbonyl (C=O) groups is 1. The maximum Gasteiger partial charge on any atom is 0.254 e. The molecule has 0 radical (unpaired) electrons. The Labute approximate surface area is 86.0 Å². The zero-order valence-corrected chi connectivity index (χ0v) is 7.83. The molecule has 0 fully saturated rings. The minimum absolute atomic E-state index is 0.147. The molecule has 78 valence electrons. The molecule has 0 aliphatic rings. The molecule has 0 aliphatic heterocycles. The van der Waals surface area contributed by atoms with E-state index in [0.29, 0.717) is 0 Å². The Morgan fingerprint density at radius 2 is 2.33 bits per heavy atom. The van der Waals surface area contributed by atoms with Crippen LogP contribution < -0.4 is 5.32 Å². The van der Waals surface area contributed by atoms with Crippen LogP contribution in [0.4, 0.5) is 4.39 Å². The Hall–Kier alpha value is -2.09. The van der Waals surface area contributed by atoms with Gasteiger partial charge in [0.15, 0.2) is 0 Å². The standard InChI is InChI=1S/C10H9FN2O2/c11-9-6-7(14)2-3-8(9)10(15)13-5-1-4-12/h2-3,6,14H,1,5H2,(H,13,15). The number of rotatable bonds is 3. The molecule has 1 aromatic carbocycles. The van der Waals surface area contributed by atoms with Crippen LogP contribution in [0.25, 0.3) is 0 Å². The maximum absolute atomic E-state index is 13.1. The van der Waals surface area contributed by atoms with E-state index in [4.69, 9.17) is 10.4 Å². The molecule has 0 spiro atoms. The summed E-state index contributed by atoms with van der Waals surface area (Å²) in [5.41, 5.74) is -0.147. The molecule has 1 rings (SSSR count). The number of nitrogens with one attached hydrogen (secondary N) is 1. The van der Waals surface area contributed by atoms with Crippen LogP contribution in [0, 0.1) is 17.1 Å². The van der Waals surface area contributed by atoms with Crippen molar-refractivity contribution in [1.82, 2.24) is 5.32 Å². The predicted octanol–water partition coefficient (Wildman–Crippen LogP) is 1.17. The molecule has 0 saturated carbocycles. The molecule has 15 heavy (non-hydrogen) atoms. The average Bonchev–Trinajstić information content (AvgIpc) is 2.17. The summed E-state index contributed by atoms with van der Waals surface area (Å²) in [5.74, 6) is -1.62. The number of benzene rings is 1. The summed E-state index contributed by atoms with van der Waals surface area (Å²) >= 11 is 0. The van der Waals surface area contributed by atoms with Gasteiger partial charge in [-0.2, -0.15) is 5.26 Å². The Morgan fingerprint density at radius 1 is 1.60 bits per heavy atom. The minimum atomic E-state index is -0.788. The monoisotopic (exact) mass is 208 g/mol. The summed E-state index contributed by atoms with van der Waals surface area (Å²) in [6.07, 6.45) is 0.172. The number of nitriles is 1. The fourth-order valence-corrected chi connectivity index (χ4v) is 1.02. The number of phenols is 1. The first-order valence-electron chi connectivity index (χ1n) is 4.29. The van der Waals surface area contributed by atoms with E-state index in [1.807, 2.05) is 6.07 Å². The van der Waals surface area contributed by atoms with E-state index in [0.717, 1.165) is 6.07 Å². The molecule has 0 bridgehead atoms. The Bertz CT molecular complexity index is 412. The molecule has 4 nitrogen and oxygen atoms in total. The van der Waals surface area contributed by atoms with Crippen molar-refractivity contribution >= 4 is 5.91 Å². The van der Waals surface area contributed by atoms with Crippen molar-refractivity contribution in [3.63, 3.8) is 0 Å². The second-order valence-corrected chi connectivity index (χ2v) is 2.83. The van der Waals surface area contributed by atoms with Gasteiger partial charge in [0.25, 0.3) is 5.91 Å². The fraction of sp³-hybridized carbons (Fsp3) is 0.200. The van der Waals surface area contributed by atoms with Crippen molar-refractivity contribution in [3.05, 3.63) is 29.6 Å². The SMILES string of the molecule is N#CCCNC(=O)c1ccc(O)cc1F. The smallest absolute Gasteiger partial charge is 0.254 e. The summed E-state index contributed by atoms with van der Waals surface area (Å²) in [5, 5.41) is 19.5. The predicted molar refractivity (Wildman–Crippen MR) is 50.6 cm³/mol. The number of hydrogen-bond acceptors (Lipinski definition) is 3. The van der Waals surface area contributed by atoms with Crippen LogP contribution in [-0.2, 0) is 0 Å². The maximum atomic E-state index is 13.1. The van der Waals surface area contributed by atoms with Crippen molar-refractivity contribution in [2.24, 2.45) is 0 Å². The highest BCUT2D eigenvalue weighted by molar-refractivity contribution is 5.94. The second kappa shape index (κ2) is 4.96. The lowest BCUT2D eigenvalue weighted by Crippen LogP contribution is -2.25. The van der Waals surface area contributed by atoms with Gasteiger partial charge in [0.05, 0.1) is 18.1 Å². The molecule has 1 aromatic rings. The molecule has 0 aliphatic carbocycles. The third-order valence-corrected chi connectivity index (χ3v) is 1.72. The zero-order valence-electron chi connectivity index (χ0n) is 7.83. The molecule has 0 atom stereocenters. The van der Waals surface area contributed by atoms with Crippen LogP contribution in [0.3, 0.4) is 0 Å². The lowest BCUT2D eigenvalue weighted by molar-refractivity contribution is 0.0950. The number of nitrogens with zero attached hydrogens (tertiary/aromatic N) is 1. The molecule has 0 unspecified atom stereocenters. The van der Waals surface area contributed by atoms with E-state index < -0.39 is 11.7 Å². The summed E-state index contributed by atoms with van der Waals surface area (Å²) < 4.78 is 13.1. The summed E-state index contributed by atoms with van der Waals surface area (Å²) in [7, 11) is 0. The summed E-state index contributed by atoms with van der Waals surface area (Å²) in [6, 6.07) is 5.12. The van der Waals surface area contributed by atoms with Gasteiger partial charge in [0.1, 0.15) is 11.6 Å². The number of halogens is 1. The van der Waals surface area contributed by atoms with Crippen LogP contribution in [0.5, 0.6) is 5.75 Å². The summed E-state index contributed by atoms with van der Waals surface area (Å²) in [4.78, 5) is 11.3. The van der Waals surface area contributed by atoms with Gasteiger partial charge in [-0.3, -0.25) is 4.79 Å². The molecule has 0 aromatic heterocycles. The van der Waals surface area contributed by atoms with Crippen LogP contribution in [0.15, 0.2) is 18.2 Å². The third kappa shape index (κ3) is 2.95. The Morgan fingerprint density at radius 3 is 2.93 bits per heavy atom. The molecule has 1 amide bonds. The first-order chi connectivity index (χ1) is 7.15. The Kier molecular flexibility index (Phi) is 3.63. The van der Waals surface area contributed by atoms with E-state index >= 15 is 0 Å². The number of phenolic OH excluding ortho intramolecular Hbond substituents is 1. The lowest BCUT2D eigenvalue weighted by atomic mass is 10.2.